The minimum atomic E-state index is 0. The molecule has 0 N–H and O–H groups in total. The maximum absolute atomic E-state index is 12.5. The summed E-state index contributed by atoms with van der Waals surface area (Å²) in [6, 6.07) is 36.0. The summed E-state index contributed by atoms with van der Waals surface area (Å²) in [7, 11) is 0. The van der Waals surface area contributed by atoms with Gasteiger partial charge in [-0.2, -0.15) is 40.0 Å². The van der Waals surface area contributed by atoms with Crippen molar-refractivity contribution in [3.05, 3.63) is 200 Å². The van der Waals surface area contributed by atoms with E-state index in [4.69, 9.17) is 0 Å². The Kier molecular flexibility index (Phi) is 106. The van der Waals surface area contributed by atoms with Crippen molar-refractivity contribution in [3.8, 4) is 0 Å². The van der Waals surface area contributed by atoms with Crippen molar-refractivity contribution in [3.63, 3.8) is 0 Å². The zero-order chi connectivity index (χ0) is 96.4. The van der Waals surface area contributed by atoms with E-state index < -0.39 is 0 Å². The van der Waals surface area contributed by atoms with E-state index in [-0.39, 0.29) is 36.9 Å². The Hall–Kier alpha value is -4.06. The van der Waals surface area contributed by atoms with Gasteiger partial charge in [-0.25, -0.2) is 4.70 Å². The summed E-state index contributed by atoms with van der Waals surface area (Å²) >= 11 is 0. The van der Waals surface area contributed by atoms with Gasteiger partial charge in [-0.05, 0) is 141 Å². The van der Waals surface area contributed by atoms with Crippen molar-refractivity contribution in [1.82, 2.24) is 0 Å². The SMILES string of the molecule is CCCCCCCCCCCCCCCCCCCCCCCCCCCCCCC1=C(c2cccc(CCCCCCCC)c2)[N+](=[N-])C(c2cccc(C)c2)=C1CCCCCCCCCCCCCCCCCCCCCCCCCCCC.CCCCCCCCc1cccc(C(=CC(=C=[N+]=[N-])CCCCC)c2cccc(CC)c2)c1.CC[N-]CC.CC[N-]CC.[CH2-]C.[CH2-]C.[Ni+2].[Pd+2]. The monoisotopic (exact) mass is 1980 g/mol. The topological polar surface area (TPSA) is 89.9 Å². The van der Waals surface area contributed by atoms with Crippen molar-refractivity contribution >= 4 is 22.8 Å². The minimum absolute atomic E-state index is 0. The summed E-state index contributed by atoms with van der Waals surface area (Å²) in [6.07, 6.45) is 105. The van der Waals surface area contributed by atoms with Crippen LogP contribution < -0.4 is 0 Å². The van der Waals surface area contributed by atoms with Crippen molar-refractivity contribution in [2.45, 2.75) is 572 Å². The largest absolute Gasteiger partial charge is 2.00 e. The van der Waals surface area contributed by atoms with Gasteiger partial charge in [0.25, 0.3) is 0 Å². The normalized spacial score (nSPS) is 11.6. The number of allylic oxidation sites excluding steroid dienone is 4. The third-order valence-corrected chi connectivity index (χ3v) is 26.9. The first-order valence-corrected chi connectivity index (χ1v) is 57.8. The fourth-order valence-electron chi connectivity index (χ4n) is 18.9. The number of unbranched alkanes of at least 4 members (excludes halogenated alkanes) is 64. The Morgan fingerprint density at radius 2 is 0.545 bits per heavy atom. The summed E-state index contributed by atoms with van der Waals surface area (Å²) in [6.45, 7) is 37.9. The first-order valence-electron chi connectivity index (χ1n) is 57.8. The van der Waals surface area contributed by atoms with Crippen LogP contribution >= 0.6 is 0 Å². The fraction of sp³-hybridized carbons (Fsp3) is 0.730. The van der Waals surface area contributed by atoms with Gasteiger partial charge in [-0.1, -0.05) is 559 Å². The molecule has 1 aliphatic rings. The van der Waals surface area contributed by atoms with E-state index in [0.717, 1.165) is 88.1 Å². The Bertz CT molecular complexity index is 3360. The predicted molar refractivity (Wildman–Crippen MR) is 596 cm³/mol. The van der Waals surface area contributed by atoms with Crippen molar-refractivity contribution < 1.29 is 46.4 Å². The van der Waals surface area contributed by atoms with Crippen LogP contribution in [0.5, 0.6) is 0 Å². The molecule has 0 radical (unpaired) electrons. The average Bonchev–Trinajstić information content (AvgIpc) is 1.60. The predicted octanol–water partition coefficient (Wildman–Crippen LogP) is 43.4. The van der Waals surface area contributed by atoms with E-state index in [1.54, 1.807) is 18.5 Å². The molecule has 0 unspecified atom stereocenters. The van der Waals surface area contributed by atoms with Crippen LogP contribution in [0, 0.1) is 20.8 Å². The van der Waals surface area contributed by atoms with E-state index in [0.29, 0.717) is 0 Å². The molecular weight excluding hydrogens is 1760 g/mol. The molecule has 0 spiro atoms. The fourth-order valence-corrected chi connectivity index (χ4v) is 18.9. The van der Waals surface area contributed by atoms with Crippen LogP contribution in [0.15, 0.2) is 120 Å². The van der Waals surface area contributed by atoms with Gasteiger partial charge >= 0.3 is 42.8 Å². The van der Waals surface area contributed by atoms with Crippen LogP contribution in [0.25, 0.3) is 38.7 Å². The maximum Gasteiger partial charge on any atom is 2.00 e. The molecule has 0 aromatic heterocycles. The average molecular weight is 1980 g/mol. The summed E-state index contributed by atoms with van der Waals surface area (Å²) in [4.78, 5) is 3.25. The molecule has 0 atom stereocenters. The molecule has 0 saturated heterocycles. The van der Waals surface area contributed by atoms with Gasteiger partial charge < -0.3 is 35.5 Å². The summed E-state index contributed by atoms with van der Waals surface area (Å²) in [5, 5.41) is 7.94. The van der Waals surface area contributed by atoms with Gasteiger partial charge in [0, 0.05) is 22.3 Å². The molecule has 0 amide bonds. The molecule has 772 valence electrons. The van der Waals surface area contributed by atoms with Crippen LogP contribution in [0.4, 0.5) is 0 Å². The number of hydrogen-bond donors (Lipinski definition) is 0. The molecule has 4 aromatic carbocycles. The van der Waals surface area contributed by atoms with E-state index >= 15 is 0 Å². The molecule has 1 heterocycles. The minimum Gasteiger partial charge on any atom is -0.663 e. The maximum atomic E-state index is 12.5. The van der Waals surface area contributed by atoms with Crippen molar-refractivity contribution in [2.75, 3.05) is 26.2 Å². The van der Waals surface area contributed by atoms with Crippen LogP contribution in [-0.4, -0.2) is 41.5 Å². The smallest absolute Gasteiger partial charge is 0.663 e. The molecule has 0 saturated carbocycles. The molecule has 0 fully saturated rings. The van der Waals surface area contributed by atoms with Crippen LogP contribution in [0.1, 0.15) is 590 Å². The number of hydrogen-bond acceptors (Lipinski definition) is 0. The number of nitrogens with zero attached hydrogens (tertiary/aromatic N) is 6. The Morgan fingerprint density at radius 3 is 0.813 bits per heavy atom. The van der Waals surface area contributed by atoms with Crippen molar-refractivity contribution in [1.29, 1.82) is 0 Å². The summed E-state index contributed by atoms with van der Waals surface area (Å²) in [5.74, 6) is 2.83. The number of rotatable bonds is 84. The summed E-state index contributed by atoms with van der Waals surface area (Å²) in [5.41, 5.74) is 39.0. The van der Waals surface area contributed by atoms with E-state index in [2.05, 4.69) is 187 Å². The van der Waals surface area contributed by atoms with E-state index in [1.807, 2.05) is 27.7 Å². The van der Waals surface area contributed by atoms with Gasteiger partial charge in [0.2, 0.25) is 11.4 Å². The zero-order valence-electron chi connectivity index (χ0n) is 90.9. The second-order valence-electron chi connectivity index (χ2n) is 38.7. The molecular formula is C126H218N6NiPd. The van der Waals surface area contributed by atoms with E-state index in [9.17, 15) is 11.1 Å². The van der Waals surface area contributed by atoms with Crippen LogP contribution in [0.2, 0.25) is 0 Å². The third-order valence-electron chi connectivity index (χ3n) is 26.9. The summed E-state index contributed by atoms with van der Waals surface area (Å²) < 4.78 is 1.64. The van der Waals surface area contributed by atoms with Gasteiger partial charge in [0.05, 0.1) is 5.57 Å². The van der Waals surface area contributed by atoms with Gasteiger partial charge in [0.15, 0.2) is 0 Å². The van der Waals surface area contributed by atoms with E-state index in [1.165, 1.54) is 498 Å². The number of aryl methyl sites for hydroxylation is 4. The molecule has 6 nitrogen and oxygen atoms in total. The number of benzene rings is 4. The Balaban J connectivity index is -0.00000287. The zero-order valence-corrected chi connectivity index (χ0v) is 93.4. The quantitative estimate of drug-likeness (QED) is 0.00616. The molecule has 8 heteroatoms. The first kappa shape index (κ1) is 134. The standard InChI is InChI=1S/C83H146N2.C31H42N2.2C4H10N.2C2H5.Ni.Pd/c1-5-8-11-14-17-19-21-23-25-27-29-31-33-35-37-38-40-42-44-46-48-50-52-54-56-58-61-64-73-81-80(72-63-60-57-55-53-51-49-47-45-43-41-39-36-34-32-30-28-26-24-22-20-18-15-12-9-6-2)82(78-70-65-67-76(4)74-78)85(84)83(81)79-71-66-69-77(75-79)68-62-59-16-13-10-7-3;1-4-7-9-10-11-13-16-27-19-15-21-30(23-27)31(29-20-14-18-26(6-3)22-29)24-28(25-33-32)17-12-8-5-2;2*1-3-5-4-2;2*1-2;;/h65-67,69-71,74-75H,5-64,68,72-73H2,1-4H3;14-15,18-24H,4-13,16-17H2,1-3H3;2*3-4H2,1-2H3;2*1H2,2H3;;/q;;4*-1;2*+2. The van der Waals surface area contributed by atoms with Crippen LogP contribution in [0.3, 0.4) is 0 Å². The van der Waals surface area contributed by atoms with Crippen molar-refractivity contribution in [2.24, 2.45) is 0 Å². The third kappa shape index (κ3) is 76.7. The molecule has 5 rings (SSSR count). The first-order chi connectivity index (χ1) is 65.1. The second kappa shape index (κ2) is 106. The molecule has 0 bridgehead atoms. The molecule has 4 aromatic rings. The van der Waals surface area contributed by atoms with Gasteiger partial charge in [-0.15, -0.1) is 4.79 Å². The molecule has 134 heavy (non-hydrogen) atoms. The molecule has 0 aliphatic carbocycles. The Morgan fingerprint density at radius 1 is 0.306 bits per heavy atom. The molecule has 1 aliphatic heterocycles. The Labute approximate surface area is 860 Å². The second-order valence-corrected chi connectivity index (χ2v) is 38.7. The van der Waals surface area contributed by atoms with Gasteiger partial charge in [0.1, 0.15) is 0 Å². The van der Waals surface area contributed by atoms with Gasteiger partial charge in [-0.3, -0.25) is 0 Å². The van der Waals surface area contributed by atoms with Crippen LogP contribution in [-0.2, 0) is 56.2 Å².